The van der Waals surface area contributed by atoms with E-state index in [-0.39, 0.29) is 12.1 Å². The van der Waals surface area contributed by atoms with Crippen molar-refractivity contribution >= 4 is 34.1 Å². The van der Waals surface area contributed by atoms with Crippen LogP contribution in [0.3, 0.4) is 0 Å². The summed E-state index contributed by atoms with van der Waals surface area (Å²) in [5.74, 6) is 0.948. The van der Waals surface area contributed by atoms with Crippen LogP contribution in [-0.2, 0) is 0 Å². The largest absolute Gasteiger partial charge is 0.337 e. The first-order valence-corrected chi connectivity index (χ1v) is 10.7. The van der Waals surface area contributed by atoms with Gasteiger partial charge in [0.1, 0.15) is 6.04 Å². The number of fused-ring (bicyclic) bond motifs is 1. The Morgan fingerprint density at radius 2 is 1.84 bits per heavy atom. The van der Waals surface area contributed by atoms with Crippen LogP contribution in [0.25, 0.3) is 22.2 Å². The van der Waals surface area contributed by atoms with Crippen molar-refractivity contribution in [1.29, 1.82) is 0 Å². The monoisotopic (exact) mass is 432 g/mol. The van der Waals surface area contributed by atoms with Gasteiger partial charge in [-0.25, -0.2) is 4.79 Å². The summed E-state index contributed by atoms with van der Waals surface area (Å²) in [4.78, 5) is 19.6. The molecule has 31 heavy (non-hydrogen) atoms. The van der Waals surface area contributed by atoms with Crippen molar-refractivity contribution in [2.45, 2.75) is 25.3 Å². The minimum absolute atomic E-state index is 0.160. The van der Waals surface area contributed by atoms with Gasteiger partial charge >= 0.3 is 6.03 Å². The molecule has 0 bridgehead atoms. The number of nitrogens with zero attached hydrogens (tertiary/aromatic N) is 3. The average molecular weight is 433 g/mol. The Kier molecular flexibility index (Phi) is 5.30. The first kappa shape index (κ1) is 19.6. The Morgan fingerprint density at radius 3 is 2.71 bits per heavy atom. The third-order valence-corrected chi connectivity index (χ3v) is 5.88. The molecule has 1 aromatic heterocycles. The van der Waals surface area contributed by atoms with E-state index in [0.29, 0.717) is 23.3 Å². The number of aromatic nitrogens is 2. The summed E-state index contributed by atoms with van der Waals surface area (Å²) in [6, 6.07) is 20.8. The molecule has 1 aliphatic rings. The zero-order valence-electron chi connectivity index (χ0n) is 16.8. The van der Waals surface area contributed by atoms with Gasteiger partial charge in [0.05, 0.1) is 5.69 Å². The van der Waals surface area contributed by atoms with E-state index >= 15 is 0 Å². The highest BCUT2D eigenvalue weighted by atomic mass is 35.5. The lowest BCUT2D eigenvalue weighted by molar-refractivity contribution is 0.142. The number of piperidine rings is 1. The van der Waals surface area contributed by atoms with E-state index in [2.05, 4.69) is 15.5 Å². The number of halogens is 1. The summed E-state index contributed by atoms with van der Waals surface area (Å²) < 4.78 is 5.57. The smallest absolute Gasteiger partial charge is 0.322 e. The Morgan fingerprint density at radius 1 is 1.03 bits per heavy atom. The number of likely N-dealkylation sites (tertiary alicyclic amines) is 1. The minimum atomic E-state index is -0.253. The summed E-state index contributed by atoms with van der Waals surface area (Å²) in [5, 5.41) is 9.95. The van der Waals surface area contributed by atoms with Crippen LogP contribution in [0.4, 0.5) is 10.5 Å². The first-order chi connectivity index (χ1) is 15.2. The number of urea groups is 1. The molecule has 1 fully saturated rings. The number of nitrogens with one attached hydrogen (secondary N) is 1. The number of anilines is 1. The number of rotatable bonds is 3. The minimum Gasteiger partial charge on any atom is -0.337 e. The topological polar surface area (TPSA) is 71.3 Å². The highest BCUT2D eigenvalue weighted by Crippen LogP contribution is 2.32. The van der Waals surface area contributed by atoms with Gasteiger partial charge in [0.25, 0.3) is 0 Å². The molecule has 3 aromatic carbocycles. The normalized spacial score (nSPS) is 16.4. The predicted molar refractivity (Wildman–Crippen MR) is 121 cm³/mol. The standard InChI is InChI=1S/C24H21ClN4O2/c25-18-13-11-17(12-14-18)22-27-23(31-28-22)21-10-3-4-15-29(21)24(30)26-20-9-5-7-16-6-1-2-8-19(16)20/h1-2,5-9,11-14,21H,3-4,10,15H2,(H,26,30). The highest BCUT2D eigenvalue weighted by Gasteiger charge is 2.32. The lowest BCUT2D eigenvalue weighted by atomic mass is 10.0. The summed E-state index contributed by atoms with van der Waals surface area (Å²) in [6.07, 6.45) is 2.73. The fourth-order valence-corrected chi connectivity index (χ4v) is 4.17. The van der Waals surface area contributed by atoms with Crippen LogP contribution < -0.4 is 5.32 Å². The van der Waals surface area contributed by atoms with Gasteiger partial charge in [0.2, 0.25) is 11.7 Å². The zero-order chi connectivity index (χ0) is 21.2. The third kappa shape index (κ3) is 3.99. The van der Waals surface area contributed by atoms with E-state index in [1.54, 1.807) is 17.0 Å². The molecule has 1 aliphatic heterocycles. The molecule has 1 N–H and O–H groups in total. The van der Waals surface area contributed by atoms with Crippen LogP contribution in [0.5, 0.6) is 0 Å². The number of carbonyl (C=O) groups excluding carboxylic acids is 1. The van der Waals surface area contributed by atoms with E-state index < -0.39 is 0 Å². The Hall–Kier alpha value is -3.38. The molecular formula is C24H21ClN4O2. The number of amides is 2. The molecule has 0 radical (unpaired) electrons. The predicted octanol–water partition coefficient (Wildman–Crippen LogP) is 6.30. The van der Waals surface area contributed by atoms with Crippen LogP contribution in [-0.4, -0.2) is 27.6 Å². The summed E-state index contributed by atoms with van der Waals surface area (Å²) >= 11 is 5.97. The molecule has 1 atom stereocenters. The average Bonchev–Trinajstić information content (AvgIpc) is 3.30. The lowest BCUT2D eigenvalue weighted by Gasteiger charge is -2.33. The van der Waals surface area contributed by atoms with Gasteiger partial charge in [-0.2, -0.15) is 4.98 Å². The van der Waals surface area contributed by atoms with Gasteiger partial charge in [-0.05, 0) is 55.0 Å². The van der Waals surface area contributed by atoms with Gasteiger partial charge in [0, 0.05) is 22.5 Å². The third-order valence-electron chi connectivity index (χ3n) is 5.62. The number of hydrogen-bond donors (Lipinski definition) is 1. The fraction of sp³-hybridized carbons (Fsp3) is 0.208. The Bertz CT molecular complexity index is 1220. The molecule has 1 unspecified atom stereocenters. The number of benzene rings is 3. The molecular weight excluding hydrogens is 412 g/mol. The summed E-state index contributed by atoms with van der Waals surface area (Å²) in [5.41, 5.74) is 1.61. The SMILES string of the molecule is O=C(Nc1cccc2ccccc12)N1CCCCC1c1nc(-c2ccc(Cl)cc2)no1. The molecule has 6 nitrogen and oxygen atoms in total. The second-order valence-electron chi connectivity index (χ2n) is 7.62. The van der Waals surface area contributed by atoms with Crippen LogP contribution in [0.1, 0.15) is 31.2 Å². The van der Waals surface area contributed by atoms with E-state index in [1.165, 1.54) is 0 Å². The van der Waals surface area contributed by atoms with Gasteiger partial charge in [-0.1, -0.05) is 53.2 Å². The maximum atomic E-state index is 13.2. The number of hydrogen-bond acceptors (Lipinski definition) is 4. The quantitative estimate of drug-likeness (QED) is 0.412. The summed E-state index contributed by atoms with van der Waals surface area (Å²) in [7, 11) is 0. The van der Waals surface area contributed by atoms with Gasteiger partial charge < -0.3 is 14.7 Å². The molecule has 2 amide bonds. The van der Waals surface area contributed by atoms with Crippen molar-refractivity contribution in [1.82, 2.24) is 15.0 Å². The van der Waals surface area contributed by atoms with E-state index in [4.69, 9.17) is 16.1 Å². The molecule has 4 aromatic rings. The maximum absolute atomic E-state index is 13.2. The molecule has 0 aliphatic carbocycles. The molecule has 5 rings (SSSR count). The van der Waals surface area contributed by atoms with Crippen molar-refractivity contribution in [2.75, 3.05) is 11.9 Å². The van der Waals surface area contributed by atoms with Crippen LogP contribution >= 0.6 is 11.6 Å². The van der Waals surface area contributed by atoms with Crippen LogP contribution in [0, 0.1) is 0 Å². The van der Waals surface area contributed by atoms with Crippen molar-refractivity contribution in [2.24, 2.45) is 0 Å². The summed E-state index contributed by atoms with van der Waals surface area (Å²) in [6.45, 7) is 0.639. The van der Waals surface area contributed by atoms with Crippen molar-refractivity contribution in [3.05, 3.63) is 77.6 Å². The number of carbonyl (C=O) groups is 1. The molecule has 0 spiro atoms. The van der Waals surface area contributed by atoms with Gasteiger partial charge in [0.15, 0.2) is 0 Å². The van der Waals surface area contributed by atoms with Crippen molar-refractivity contribution < 1.29 is 9.32 Å². The zero-order valence-corrected chi connectivity index (χ0v) is 17.5. The van der Waals surface area contributed by atoms with Crippen molar-refractivity contribution in [3.8, 4) is 11.4 Å². The van der Waals surface area contributed by atoms with Crippen LogP contribution in [0.2, 0.25) is 5.02 Å². The van der Waals surface area contributed by atoms with Gasteiger partial charge in [-0.3, -0.25) is 0 Å². The van der Waals surface area contributed by atoms with E-state index in [0.717, 1.165) is 41.3 Å². The molecule has 0 saturated carbocycles. The Labute approximate surface area is 184 Å². The second-order valence-corrected chi connectivity index (χ2v) is 8.06. The fourth-order valence-electron chi connectivity index (χ4n) is 4.04. The van der Waals surface area contributed by atoms with E-state index in [1.807, 2.05) is 54.6 Å². The highest BCUT2D eigenvalue weighted by molar-refractivity contribution is 6.30. The molecule has 2 heterocycles. The van der Waals surface area contributed by atoms with Crippen molar-refractivity contribution in [3.63, 3.8) is 0 Å². The Balaban J connectivity index is 1.39. The second kappa shape index (κ2) is 8.40. The van der Waals surface area contributed by atoms with E-state index in [9.17, 15) is 4.79 Å². The maximum Gasteiger partial charge on any atom is 0.322 e. The molecule has 7 heteroatoms. The molecule has 156 valence electrons. The first-order valence-electron chi connectivity index (χ1n) is 10.3. The molecule has 1 saturated heterocycles. The van der Waals surface area contributed by atoms with Crippen LogP contribution in [0.15, 0.2) is 71.3 Å². The lowest BCUT2D eigenvalue weighted by Crippen LogP contribution is -2.41. The van der Waals surface area contributed by atoms with Gasteiger partial charge in [-0.15, -0.1) is 0 Å².